The van der Waals surface area contributed by atoms with Gasteiger partial charge in [-0.3, -0.25) is 0 Å². The van der Waals surface area contributed by atoms with Crippen molar-refractivity contribution in [3.8, 4) is 0 Å². The second kappa shape index (κ2) is 5.83. The Labute approximate surface area is 119 Å². The van der Waals surface area contributed by atoms with Crippen molar-refractivity contribution in [2.24, 2.45) is 0 Å². The van der Waals surface area contributed by atoms with Crippen LogP contribution in [0.25, 0.3) is 10.9 Å². The quantitative estimate of drug-likeness (QED) is 0.897. The highest BCUT2D eigenvalue weighted by molar-refractivity contribution is 7.99. The third-order valence-corrected chi connectivity index (χ3v) is 5.09. The lowest BCUT2D eigenvalue weighted by Crippen LogP contribution is -2.26. The van der Waals surface area contributed by atoms with Crippen LogP contribution in [0.15, 0.2) is 36.4 Å². The molecule has 0 amide bonds. The monoisotopic (exact) mass is 272 g/mol. The Morgan fingerprint density at radius 2 is 2.11 bits per heavy atom. The summed E-state index contributed by atoms with van der Waals surface area (Å²) in [5, 5.41) is 5.59. The first kappa shape index (κ1) is 12.8. The van der Waals surface area contributed by atoms with Gasteiger partial charge < -0.3 is 5.32 Å². The fourth-order valence-corrected chi connectivity index (χ4v) is 4.04. The van der Waals surface area contributed by atoms with Gasteiger partial charge in [-0.1, -0.05) is 31.5 Å². The largest absolute Gasteiger partial charge is 0.366 e. The summed E-state index contributed by atoms with van der Waals surface area (Å²) < 4.78 is 0. The molecule has 1 heterocycles. The van der Waals surface area contributed by atoms with E-state index in [1.807, 2.05) is 6.07 Å². The number of fused-ring (bicyclic) bond motifs is 1. The van der Waals surface area contributed by atoms with Crippen molar-refractivity contribution in [3.05, 3.63) is 36.4 Å². The Hall–Kier alpha value is -1.22. The molecule has 1 saturated carbocycles. The van der Waals surface area contributed by atoms with E-state index in [4.69, 9.17) is 4.98 Å². The highest BCUT2D eigenvalue weighted by Gasteiger charge is 2.27. The van der Waals surface area contributed by atoms with Gasteiger partial charge in [-0.05, 0) is 36.8 Å². The number of rotatable bonds is 4. The molecule has 0 saturated heterocycles. The summed E-state index contributed by atoms with van der Waals surface area (Å²) in [5.74, 6) is 2.22. The molecule has 1 aliphatic rings. The van der Waals surface area contributed by atoms with Crippen LogP contribution in [0.2, 0.25) is 0 Å². The number of thioether (sulfide) groups is 1. The summed E-state index contributed by atoms with van der Waals surface area (Å²) in [5.41, 5.74) is 1.07. The fraction of sp³-hybridized carbons (Fsp3) is 0.438. The molecule has 1 aromatic carbocycles. The van der Waals surface area contributed by atoms with Crippen LogP contribution in [0.4, 0.5) is 5.82 Å². The molecule has 1 N–H and O–H groups in total. The number of anilines is 1. The van der Waals surface area contributed by atoms with Gasteiger partial charge in [0.1, 0.15) is 5.82 Å². The van der Waals surface area contributed by atoms with Crippen molar-refractivity contribution >= 4 is 28.5 Å². The van der Waals surface area contributed by atoms with Crippen molar-refractivity contribution < 1.29 is 0 Å². The van der Waals surface area contributed by atoms with E-state index in [0.717, 1.165) is 16.6 Å². The minimum absolute atomic E-state index is 0.582. The highest BCUT2D eigenvalue weighted by Crippen LogP contribution is 2.32. The Morgan fingerprint density at radius 3 is 3.00 bits per heavy atom. The van der Waals surface area contributed by atoms with Crippen molar-refractivity contribution in [1.29, 1.82) is 0 Å². The molecule has 0 spiro atoms. The topological polar surface area (TPSA) is 24.9 Å². The Balaban J connectivity index is 1.77. The Kier molecular flexibility index (Phi) is 3.92. The van der Waals surface area contributed by atoms with Gasteiger partial charge in [0, 0.05) is 16.7 Å². The standard InChI is InChI=1S/C16H20N2S/c1-2-19-15-9-5-8-14(15)18-16-11-10-12-6-3-4-7-13(12)17-16/h3-4,6-7,10-11,14-15H,2,5,8-9H2,1H3,(H,17,18). The van der Waals surface area contributed by atoms with Crippen LogP contribution >= 0.6 is 11.8 Å². The number of nitrogens with zero attached hydrogens (tertiary/aromatic N) is 1. The molecule has 3 heteroatoms. The predicted octanol–water partition coefficient (Wildman–Crippen LogP) is 4.32. The van der Waals surface area contributed by atoms with E-state index >= 15 is 0 Å². The van der Waals surface area contributed by atoms with Crippen LogP contribution in [-0.4, -0.2) is 22.0 Å². The summed E-state index contributed by atoms with van der Waals surface area (Å²) in [6.45, 7) is 2.24. The van der Waals surface area contributed by atoms with Crippen LogP contribution in [0.3, 0.4) is 0 Å². The minimum Gasteiger partial charge on any atom is -0.366 e. The van der Waals surface area contributed by atoms with Crippen molar-refractivity contribution in [3.63, 3.8) is 0 Å². The zero-order valence-electron chi connectivity index (χ0n) is 11.3. The maximum absolute atomic E-state index is 4.71. The van der Waals surface area contributed by atoms with Gasteiger partial charge in [-0.2, -0.15) is 11.8 Å². The van der Waals surface area contributed by atoms with Crippen LogP contribution in [0.5, 0.6) is 0 Å². The van der Waals surface area contributed by atoms with Gasteiger partial charge in [0.15, 0.2) is 0 Å². The van der Waals surface area contributed by atoms with Gasteiger partial charge in [-0.15, -0.1) is 0 Å². The summed E-state index contributed by atoms with van der Waals surface area (Å²) in [6, 6.07) is 13.1. The molecular weight excluding hydrogens is 252 g/mol. The minimum atomic E-state index is 0.582. The zero-order chi connectivity index (χ0) is 13.1. The second-order valence-electron chi connectivity index (χ2n) is 5.06. The van der Waals surface area contributed by atoms with Crippen LogP contribution < -0.4 is 5.32 Å². The fourth-order valence-electron chi connectivity index (χ4n) is 2.84. The first-order valence-corrected chi connectivity index (χ1v) is 8.15. The lowest BCUT2D eigenvalue weighted by atomic mass is 10.2. The van der Waals surface area contributed by atoms with E-state index in [0.29, 0.717) is 6.04 Å². The summed E-state index contributed by atoms with van der Waals surface area (Å²) >= 11 is 2.08. The highest BCUT2D eigenvalue weighted by atomic mass is 32.2. The number of nitrogens with one attached hydrogen (secondary N) is 1. The van der Waals surface area contributed by atoms with Crippen molar-refractivity contribution in [2.45, 2.75) is 37.5 Å². The normalized spacial score (nSPS) is 22.8. The van der Waals surface area contributed by atoms with Gasteiger partial charge in [0.05, 0.1) is 5.52 Å². The smallest absolute Gasteiger partial charge is 0.126 e. The number of para-hydroxylation sites is 1. The third-order valence-electron chi connectivity index (χ3n) is 3.76. The van der Waals surface area contributed by atoms with E-state index in [-0.39, 0.29) is 0 Å². The van der Waals surface area contributed by atoms with Gasteiger partial charge in [0.2, 0.25) is 0 Å². The molecule has 19 heavy (non-hydrogen) atoms. The molecule has 2 aromatic rings. The summed E-state index contributed by atoms with van der Waals surface area (Å²) in [6.07, 6.45) is 3.94. The maximum atomic E-state index is 4.71. The molecule has 1 aromatic heterocycles. The molecule has 0 aliphatic heterocycles. The SMILES string of the molecule is CCSC1CCCC1Nc1ccc2ccccc2n1. The van der Waals surface area contributed by atoms with Gasteiger partial charge in [-0.25, -0.2) is 4.98 Å². The zero-order valence-corrected chi connectivity index (χ0v) is 12.1. The molecule has 0 bridgehead atoms. The van der Waals surface area contributed by atoms with Gasteiger partial charge in [0.25, 0.3) is 0 Å². The van der Waals surface area contributed by atoms with E-state index < -0.39 is 0 Å². The van der Waals surface area contributed by atoms with Crippen LogP contribution in [0.1, 0.15) is 26.2 Å². The maximum Gasteiger partial charge on any atom is 0.126 e. The molecule has 3 rings (SSSR count). The summed E-state index contributed by atoms with van der Waals surface area (Å²) in [4.78, 5) is 4.71. The van der Waals surface area contributed by atoms with Crippen LogP contribution in [-0.2, 0) is 0 Å². The third kappa shape index (κ3) is 2.86. The Morgan fingerprint density at radius 1 is 1.21 bits per heavy atom. The summed E-state index contributed by atoms with van der Waals surface area (Å²) in [7, 11) is 0. The molecule has 2 nitrogen and oxygen atoms in total. The first-order valence-electron chi connectivity index (χ1n) is 7.11. The van der Waals surface area contributed by atoms with E-state index in [1.165, 1.54) is 30.4 Å². The lowest BCUT2D eigenvalue weighted by Gasteiger charge is -2.20. The van der Waals surface area contributed by atoms with E-state index in [2.05, 4.69) is 54.3 Å². The molecule has 100 valence electrons. The molecular formula is C16H20N2S. The molecule has 0 radical (unpaired) electrons. The van der Waals surface area contributed by atoms with E-state index in [1.54, 1.807) is 0 Å². The molecule has 1 aliphatic carbocycles. The average molecular weight is 272 g/mol. The van der Waals surface area contributed by atoms with Crippen molar-refractivity contribution in [1.82, 2.24) is 4.98 Å². The van der Waals surface area contributed by atoms with E-state index in [9.17, 15) is 0 Å². The predicted molar refractivity (Wildman–Crippen MR) is 84.9 cm³/mol. The Bertz CT molecular complexity index is 555. The number of pyridine rings is 1. The first-order chi connectivity index (χ1) is 9.36. The number of hydrogen-bond acceptors (Lipinski definition) is 3. The van der Waals surface area contributed by atoms with Gasteiger partial charge >= 0.3 is 0 Å². The molecule has 1 fully saturated rings. The van der Waals surface area contributed by atoms with Crippen molar-refractivity contribution in [2.75, 3.05) is 11.1 Å². The molecule has 2 unspecified atom stereocenters. The molecule has 2 atom stereocenters. The second-order valence-corrected chi connectivity index (χ2v) is 6.58. The van der Waals surface area contributed by atoms with Crippen LogP contribution in [0, 0.1) is 0 Å². The average Bonchev–Trinajstić information content (AvgIpc) is 2.86. The number of aromatic nitrogens is 1. The number of hydrogen-bond donors (Lipinski definition) is 1. The lowest BCUT2D eigenvalue weighted by molar-refractivity contribution is 0.763. The number of benzene rings is 1.